The van der Waals surface area contributed by atoms with Crippen LogP contribution in [0.5, 0.6) is 0 Å². The van der Waals surface area contributed by atoms with Gasteiger partial charge in [-0.1, -0.05) is 0 Å². The zero-order valence-electron chi connectivity index (χ0n) is 12.0. The molecule has 0 radical (unpaired) electrons. The van der Waals surface area contributed by atoms with Crippen molar-refractivity contribution in [3.8, 4) is 0 Å². The molecule has 1 amide bonds. The second-order valence-electron chi connectivity index (χ2n) is 4.83. The van der Waals surface area contributed by atoms with Gasteiger partial charge in [-0.2, -0.15) is 0 Å². The Hall–Kier alpha value is -2.37. The lowest BCUT2D eigenvalue weighted by atomic mass is 10.3. The Morgan fingerprint density at radius 2 is 2.00 bits per heavy atom. The molecule has 20 heavy (non-hydrogen) atoms. The van der Waals surface area contributed by atoms with Crippen LogP contribution in [-0.4, -0.2) is 34.5 Å². The van der Waals surface area contributed by atoms with E-state index in [1.165, 1.54) is 0 Å². The topological polar surface area (TPSA) is 63.1 Å². The van der Waals surface area contributed by atoms with Crippen molar-refractivity contribution in [2.45, 2.75) is 20.0 Å². The van der Waals surface area contributed by atoms with E-state index in [4.69, 9.17) is 0 Å². The Balaban J connectivity index is 1.95. The summed E-state index contributed by atoms with van der Waals surface area (Å²) in [5, 5.41) is 2.86. The Bertz CT molecular complexity index is 577. The summed E-state index contributed by atoms with van der Waals surface area (Å²) in [5.74, 6) is 0.614. The fourth-order valence-corrected chi connectivity index (χ4v) is 1.79. The maximum Gasteiger partial charge on any atom is 0.240 e. The lowest BCUT2D eigenvalue weighted by molar-refractivity contribution is -0.121. The first kappa shape index (κ1) is 14.0. The number of nitrogens with zero attached hydrogens (tertiary/aromatic N) is 4. The van der Waals surface area contributed by atoms with Gasteiger partial charge in [-0.15, -0.1) is 0 Å². The smallest absolute Gasteiger partial charge is 0.240 e. The molecule has 0 bridgehead atoms. The van der Waals surface area contributed by atoms with Gasteiger partial charge in [0, 0.05) is 32.2 Å². The van der Waals surface area contributed by atoms with E-state index in [9.17, 15) is 4.79 Å². The van der Waals surface area contributed by atoms with Crippen LogP contribution in [0.25, 0.3) is 0 Å². The Morgan fingerprint density at radius 3 is 2.65 bits per heavy atom. The highest BCUT2D eigenvalue weighted by Crippen LogP contribution is 2.07. The van der Waals surface area contributed by atoms with Crippen LogP contribution in [0.4, 0.5) is 5.95 Å². The molecule has 0 spiro atoms. The van der Waals surface area contributed by atoms with Crippen molar-refractivity contribution >= 4 is 11.9 Å². The molecule has 2 rings (SSSR count). The van der Waals surface area contributed by atoms with Crippen molar-refractivity contribution in [2.24, 2.45) is 0 Å². The summed E-state index contributed by atoms with van der Waals surface area (Å²) in [7, 11) is 3.78. The van der Waals surface area contributed by atoms with Gasteiger partial charge >= 0.3 is 0 Å². The molecule has 2 aromatic heterocycles. The molecule has 0 aliphatic heterocycles. The number of carbonyl (C=O) groups excluding carboxylic acids is 1. The van der Waals surface area contributed by atoms with Crippen LogP contribution in [0.15, 0.2) is 30.6 Å². The van der Waals surface area contributed by atoms with E-state index >= 15 is 0 Å². The van der Waals surface area contributed by atoms with Crippen molar-refractivity contribution < 1.29 is 4.79 Å². The van der Waals surface area contributed by atoms with Gasteiger partial charge in [-0.05, 0) is 25.1 Å². The van der Waals surface area contributed by atoms with Gasteiger partial charge in [0.2, 0.25) is 11.9 Å². The molecule has 0 aliphatic carbocycles. The number of hydrogen-bond acceptors (Lipinski definition) is 4. The van der Waals surface area contributed by atoms with Crippen LogP contribution >= 0.6 is 0 Å². The van der Waals surface area contributed by atoms with Crippen LogP contribution in [0, 0.1) is 6.92 Å². The van der Waals surface area contributed by atoms with Crippen LogP contribution in [-0.2, 0) is 17.9 Å². The van der Waals surface area contributed by atoms with Gasteiger partial charge in [0.25, 0.3) is 0 Å². The predicted octanol–water partition coefficient (Wildman–Crippen LogP) is 0.969. The fourth-order valence-electron chi connectivity index (χ4n) is 1.79. The number of rotatable bonds is 5. The molecule has 6 nitrogen and oxygen atoms in total. The van der Waals surface area contributed by atoms with Crippen molar-refractivity contribution in [1.82, 2.24) is 19.9 Å². The molecular weight excluding hydrogens is 254 g/mol. The molecule has 0 saturated carbocycles. The van der Waals surface area contributed by atoms with Gasteiger partial charge < -0.3 is 14.8 Å². The zero-order chi connectivity index (χ0) is 14.5. The minimum absolute atomic E-state index is 0.0381. The minimum Gasteiger partial charge on any atom is -0.349 e. The summed E-state index contributed by atoms with van der Waals surface area (Å²) < 4.78 is 1.83. The predicted molar refractivity (Wildman–Crippen MR) is 77.4 cm³/mol. The van der Waals surface area contributed by atoms with E-state index in [0.717, 1.165) is 11.4 Å². The third-order valence-corrected chi connectivity index (χ3v) is 2.75. The molecule has 0 atom stereocenters. The number of aryl methyl sites for hydroxylation is 1. The van der Waals surface area contributed by atoms with E-state index in [1.54, 1.807) is 0 Å². The molecule has 0 unspecified atom stereocenters. The number of nitrogens with one attached hydrogen (secondary N) is 1. The normalized spacial score (nSPS) is 10.3. The third-order valence-electron chi connectivity index (χ3n) is 2.75. The summed E-state index contributed by atoms with van der Waals surface area (Å²) >= 11 is 0. The lowest BCUT2D eigenvalue weighted by Gasteiger charge is -2.12. The molecule has 2 heterocycles. The van der Waals surface area contributed by atoms with Crippen LogP contribution < -0.4 is 10.2 Å². The zero-order valence-corrected chi connectivity index (χ0v) is 12.0. The fraction of sp³-hybridized carbons (Fsp3) is 0.357. The highest BCUT2D eigenvalue weighted by molar-refractivity contribution is 5.75. The average molecular weight is 273 g/mol. The molecule has 0 fully saturated rings. The van der Waals surface area contributed by atoms with Crippen molar-refractivity contribution in [2.75, 3.05) is 19.0 Å². The van der Waals surface area contributed by atoms with Gasteiger partial charge in [0.1, 0.15) is 6.54 Å². The summed E-state index contributed by atoms with van der Waals surface area (Å²) in [6.07, 6.45) is 3.72. The van der Waals surface area contributed by atoms with E-state index in [2.05, 4.69) is 15.3 Å². The molecule has 6 heteroatoms. The van der Waals surface area contributed by atoms with Gasteiger partial charge in [-0.25, -0.2) is 9.97 Å². The molecule has 0 aliphatic rings. The monoisotopic (exact) mass is 273 g/mol. The Morgan fingerprint density at radius 1 is 1.30 bits per heavy atom. The second kappa shape index (κ2) is 6.18. The Labute approximate surface area is 118 Å². The quantitative estimate of drug-likeness (QED) is 0.881. The van der Waals surface area contributed by atoms with E-state index in [-0.39, 0.29) is 5.91 Å². The molecule has 2 aromatic rings. The molecule has 106 valence electrons. The summed E-state index contributed by atoms with van der Waals surface area (Å²) in [6, 6.07) is 5.66. The van der Waals surface area contributed by atoms with Crippen LogP contribution in [0.3, 0.4) is 0 Å². The second-order valence-corrected chi connectivity index (χ2v) is 4.83. The maximum absolute atomic E-state index is 11.8. The Kier molecular flexibility index (Phi) is 4.34. The molecule has 1 N–H and O–H groups in total. The minimum atomic E-state index is -0.0381. The number of anilines is 1. The molecule has 0 aromatic carbocycles. The molecule has 0 saturated heterocycles. The molecular formula is C14H19N5O. The van der Waals surface area contributed by atoms with Gasteiger partial charge in [0.05, 0.1) is 12.2 Å². The first-order valence-corrected chi connectivity index (χ1v) is 6.44. The van der Waals surface area contributed by atoms with Crippen molar-refractivity contribution in [1.29, 1.82) is 0 Å². The highest BCUT2D eigenvalue weighted by atomic mass is 16.1. The van der Waals surface area contributed by atoms with E-state index < -0.39 is 0 Å². The highest BCUT2D eigenvalue weighted by Gasteiger charge is 2.06. The van der Waals surface area contributed by atoms with Gasteiger partial charge in [0.15, 0.2) is 0 Å². The van der Waals surface area contributed by atoms with E-state index in [0.29, 0.717) is 19.0 Å². The summed E-state index contributed by atoms with van der Waals surface area (Å²) in [4.78, 5) is 22.4. The third kappa shape index (κ3) is 3.81. The number of hydrogen-bond donors (Lipinski definition) is 1. The summed E-state index contributed by atoms with van der Waals surface area (Å²) in [5.41, 5.74) is 1.69. The van der Waals surface area contributed by atoms with Gasteiger partial charge in [-0.3, -0.25) is 4.79 Å². The van der Waals surface area contributed by atoms with Crippen molar-refractivity contribution in [3.63, 3.8) is 0 Å². The van der Waals surface area contributed by atoms with Crippen molar-refractivity contribution in [3.05, 3.63) is 42.0 Å². The lowest BCUT2D eigenvalue weighted by Crippen LogP contribution is -2.27. The number of amides is 1. The standard InChI is InChI=1S/C14H19N5O/c1-11-8-12(17-14(16-11)18(2)3)9-15-13(20)10-19-6-4-5-7-19/h4-8H,9-10H2,1-3H3,(H,15,20). The van der Waals surface area contributed by atoms with Crippen LogP contribution in [0.2, 0.25) is 0 Å². The first-order valence-electron chi connectivity index (χ1n) is 6.44. The first-order chi connectivity index (χ1) is 9.54. The van der Waals surface area contributed by atoms with Crippen LogP contribution in [0.1, 0.15) is 11.4 Å². The SMILES string of the molecule is Cc1cc(CNC(=O)Cn2cccc2)nc(N(C)C)n1. The number of aromatic nitrogens is 3. The maximum atomic E-state index is 11.8. The number of carbonyl (C=O) groups is 1. The average Bonchev–Trinajstić information content (AvgIpc) is 2.88. The van der Waals surface area contributed by atoms with E-state index in [1.807, 2.05) is 61.1 Å². The largest absolute Gasteiger partial charge is 0.349 e. The summed E-state index contributed by atoms with van der Waals surface area (Å²) in [6.45, 7) is 2.64.